The van der Waals surface area contributed by atoms with Gasteiger partial charge in [-0.2, -0.15) is 0 Å². The normalized spacial score (nSPS) is 17.2. The van der Waals surface area contributed by atoms with Crippen LogP contribution in [0, 0.1) is 13.8 Å². The quantitative estimate of drug-likeness (QED) is 0.621. The summed E-state index contributed by atoms with van der Waals surface area (Å²) in [5, 5.41) is 0. The van der Waals surface area contributed by atoms with Crippen LogP contribution in [0.2, 0.25) is 0 Å². The predicted molar refractivity (Wildman–Crippen MR) is 74.6 cm³/mol. The van der Waals surface area contributed by atoms with Crippen molar-refractivity contribution in [1.29, 1.82) is 0 Å². The van der Waals surface area contributed by atoms with Crippen LogP contribution >= 0.6 is 0 Å². The zero-order valence-electron chi connectivity index (χ0n) is 11.4. The fraction of sp³-hybridized carbons (Fsp3) is 0.692. The van der Waals surface area contributed by atoms with Crippen molar-refractivity contribution in [1.82, 2.24) is 9.97 Å². The second-order valence-corrected chi connectivity index (χ2v) is 4.97. The van der Waals surface area contributed by atoms with Crippen LogP contribution in [0.5, 0.6) is 0 Å². The third kappa shape index (κ3) is 2.90. The average Bonchev–Trinajstić information content (AvgIpc) is 2.32. The smallest absolute Gasteiger partial charge is 0.148 e. The van der Waals surface area contributed by atoms with E-state index in [2.05, 4.69) is 20.3 Å². The Bertz CT molecular complexity index is 397. The Morgan fingerprint density at radius 3 is 2.22 bits per heavy atom. The van der Waals surface area contributed by atoms with Crippen molar-refractivity contribution in [2.24, 2.45) is 5.84 Å². The lowest BCUT2D eigenvalue weighted by Gasteiger charge is -2.27. The number of nitrogens with one attached hydrogen (secondary N) is 1. The summed E-state index contributed by atoms with van der Waals surface area (Å²) < 4.78 is 0. The third-order valence-corrected chi connectivity index (χ3v) is 3.52. The molecule has 0 bridgehead atoms. The van der Waals surface area contributed by atoms with E-state index in [1.807, 2.05) is 13.8 Å². The van der Waals surface area contributed by atoms with Gasteiger partial charge in [-0.1, -0.05) is 19.3 Å². The fourth-order valence-corrected chi connectivity index (χ4v) is 2.52. The van der Waals surface area contributed by atoms with Gasteiger partial charge in [-0.25, -0.2) is 15.8 Å². The Morgan fingerprint density at radius 2 is 1.61 bits per heavy atom. The molecule has 1 aromatic heterocycles. The molecule has 1 aliphatic heterocycles. The molecule has 0 aromatic carbocycles. The first-order chi connectivity index (χ1) is 8.72. The van der Waals surface area contributed by atoms with Crippen molar-refractivity contribution >= 4 is 11.6 Å². The largest absolute Gasteiger partial charge is 0.356 e. The van der Waals surface area contributed by atoms with Crippen LogP contribution in [0.1, 0.15) is 43.5 Å². The summed E-state index contributed by atoms with van der Waals surface area (Å²) in [7, 11) is 0. The summed E-state index contributed by atoms with van der Waals surface area (Å²) in [5.41, 5.74) is 3.71. The van der Waals surface area contributed by atoms with Gasteiger partial charge in [0, 0.05) is 18.7 Å². The highest BCUT2D eigenvalue weighted by molar-refractivity contribution is 5.58. The lowest BCUT2D eigenvalue weighted by atomic mass is 10.1. The molecule has 0 amide bonds. The van der Waals surface area contributed by atoms with Gasteiger partial charge in [0.05, 0.1) is 0 Å². The van der Waals surface area contributed by atoms with Gasteiger partial charge < -0.3 is 10.3 Å². The van der Waals surface area contributed by atoms with Crippen molar-refractivity contribution in [3.8, 4) is 0 Å². The lowest BCUT2D eigenvalue weighted by molar-refractivity contribution is 0.552. The van der Waals surface area contributed by atoms with Crippen LogP contribution in [-0.4, -0.2) is 23.1 Å². The number of aromatic nitrogens is 2. The summed E-state index contributed by atoms with van der Waals surface area (Å²) in [6, 6.07) is 0. The van der Waals surface area contributed by atoms with Crippen LogP contribution in [0.3, 0.4) is 0 Å². The highest BCUT2D eigenvalue weighted by Crippen LogP contribution is 2.25. The van der Waals surface area contributed by atoms with Crippen LogP contribution in [0.4, 0.5) is 11.6 Å². The molecule has 1 saturated heterocycles. The van der Waals surface area contributed by atoms with E-state index in [4.69, 9.17) is 5.84 Å². The number of nitrogens with zero attached hydrogens (tertiary/aromatic N) is 3. The maximum Gasteiger partial charge on any atom is 0.148 e. The van der Waals surface area contributed by atoms with Gasteiger partial charge in [0.1, 0.15) is 17.5 Å². The van der Waals surface area contributed by atoms with Gasteiger partial charge in [-0.3, -0.25) is 0 Å². The molecule has 0 radical (unpaired) electrons. The summed E-state index contributed by atoms with van der Waals surface area (Å²) in [6.45, 7) is 6.11. The molecule has 5 nitrogen and oxygen atoms in total. The van der Waals surface area contributed by atoms with E-state index in [-0.39, 0.29) is 0 Å². The molecule has 1 fully saturated rings. The van der Waals surface area contributed by atoms with Crippen molar-refractivity contribution < 1.29 is 0 Å². The van der Waals surface area contributed by atoms with Gasteiger partial charge in [0.2, 0.25) is 0 Å². The van der Waals surface area contributed by atoms with Crippen LogP contribution in [0.25, 0.3) is 0 Å². The topological polar surface area (TPSA) is 67.1 Å². The van der Waals surface area contributed by atoms with E-state index >= 15 is 0 Å². The number of nitrogen functional groups attached to an aromatic ring is 1. The lowest BCUT2D eigenvalue weighted by Crippen LogP contribution is -2.29. The molecule has 18 heavy (non-hydrogen) atoms. The Balaban J connectivity index is 2.27. The molecule has 0 atom stereocenters. The van der Waals surface area contributed by atoms with Gasteiger partial charge in [0.15, 0.2) is 0 Å². The second-order valence-electron chi connectivity index (χ2n) is 4.97. The Morgan fingerprint density at radius 1 is 1.00 bits per heavy atom. The van der Waals surface area contributed by atoms with E-state index in [1.54, 1.807) is 0 Å². The average molecular weight is 249 g/mol. The number of hydrazine groups is 1. The van der Waals surface area contributed by atoms with E-state index in [0.717, 1.165) is 36.1 Å². The first-order valence-electron chi connectivity index (χ1n) is 6.79. The van der Waals surface area contributed by atoms with Crippen molar-refractivity contribution in [3.05, 3.63) is 11.4 Å². The van der Waals surface area contributed by atoms with E-state index in [0.29, 0.717) is 0 Å². The van der Waals surface area contributed by atoms with Crippen LogP contribution in [0.15, 0.2) is 0 Å². The summed E-state index contributed by atoms with van der Waals surface area (Å²) >= 11 is 0. The maximum absolute atomic E-state index is 5.52. The molecule has 0 unspecified atom stereocenters. The number of aryl methyl sites for hydroxylation is 1. The zero-order chi connectivity index (χ0) is 13.0. The van der Waals surface area contributed by atoms with Gasteiger partial charge in [0.25, 0.3) is 0 Å². The second kappa shape index (κ2) is 6.00. The van der Waals surface area contributed by atoms with Gasteiger partial charge in [-0.05, 0) is 26.7 Å². The van der Waals surface area contributed by atoms with Gasteiger partial charge >= 0.3 is 0 Å². The number of hydrogen-bond acceptors (Lipinski definition) is 5. The van der Waals surface area contributed by atoms with Crippen molar-refractivity contribution in [3.63, 3.8) is 0 Å². The zero-order valence-corrected chi connectivity index (χ0v) is 11.4. The number of nitrogens with two attached hydrogens (primary N) is 1. The summed E-state index contributed by atoms with van der Waals surface area (Å²) in [4.78, 5) is 11.3. The monoisotopic (exact) mass is 249 g/mol. The van der Waals surface area contributed by atoms with E-state index < -0.39 is 0 Å². The first-order valence-corrected chi connectivity index (χ1v) is 6.79. The van der Waals surface area contributed by atoms with Crippen LogP contribution < -0.4 is 16.2 Å². The number of hydrogen-bond donors (Lipinski definition) is 2. The van der Waals surface area contributed by atoms with Gasteiger partial charge in [-0.15, -0.1) is 0 Å². The minimum absolute atomic E-state index is 0.736. The van der Waals surface area contributed by atoms with E-state index in [1.165, 1.54) is 32.1 Å². The molecule has 2 heterocycles. The molecular weight excluding hydrogens is 226 g/mol. The molecule has 0 saturated carbocycles. The molecule has 1 aromatic rings. The highest BCUT2D eigenvalue weighted by Gasteiger charge is 2.16. The number of rotatable bonds is 2. The maximum atomic E-state index is 5.52. The molecule has 100 valence electrons. The molecule has 1 aliphatic rings. The Hall–Kier alpha value is -1.36. The third-order valence-electron chi connectivity index (χ3n) is 3.52. The standard InChI is InChI=1S/C13H23N5/c1-10-12(17-14)15-11(2)16-13(10)18-8-6-4-3-5-7-9-18/h3-9,14H2,1-2H3,(H,15,16,17). The SMILES string of the molecule is Cc1nc(NN)c(C)c(N2CCCCCCC2)n1. The summed E-state index contributed by atoms with van der Waals surface area (Å²) in [5.74, 6) is 8.06. The van der Waals surface area contributed by atoms with Crippen LogP contribution in [-0.2, 0) is 0 Å². The minimum Gasteiger partial charge on any atom is -0.356 e. The minimum atomic E-state index is 0.736. The van der Waals surface area contributed by atoms with E-state index in [9.17, 15) is 0 Å². The van der Waals surface area contributed by atoms with Crippen molar-refractivity contribution in [2.45, 2.75) is 46.0 Å². The molecule has 3 N–H and O–H groups in total. The predicted octanol–water partition coefficient (Wildman–Crippen LogP) is 2.15. The fourth-order valence-electron chi connectivity index (χ4n) is 2.52. The first kappa shape index (κ1) is 13.1. The number of anilines is 2. The summed E-state index contributed by atoms with van der Waals surface area (Å²) in [6.07, 6.45) is 6.50. The molecule has 0 aliphatic carbocycles. The Labute approximate surface area is 109 Å². The molecule has 0 spiro atoms. The molecule has 2 rings (SSSR count). The molecule has 5 heteroatoms. The Kier molecular flexibility index (Phi) is 4.36. The highest BCUT2D eigenvalue weighted by atomic mass is 15.3. The molecular formula is C13H23N5. The van der Waals surface area contributed by atoms with Crippen molar-refractivity contribution in [2.75, 3.05) is 23.4 Å².